The first-order valence-corrected chi connectivity index (χ1v) is 9.86. The van der Waals surface area contributed by atoms with E-state index in [9.17, 15) is 9.59 Å². The van der Waals surface area contributed by atoms with Crippen molar-refractivity contribution < 1.29 is 4.79 Å². The molecule has 0 spiro atoms. The van der Waals surface area contributed by atoms with Crippen LogP contribution >= 0.6 is 22.9 Å². The van der Waals surface area contributed by atoms with E-state index in [1.807, 2.05) is 19.9 Å². The molecule has 3 aromatic heterocycles. The molecule has 0 saturated carbocycles. The van der Waals surface area contributed by atoms with Crippen molar-refractivity contribution in [3.8, 4) is 0 Å². The third kappa shape index (κ3) is 3.27. The number of carbonyl (C=O) groups excluding carboxylic acids is 1. The average Bonchev–Trinajstić information content (AvgIpc) is 2.97. The predicted molar refractivity (Wildman–Crippen MR) is 113 cm³/mol. The van der Waals surface area contributed by atoms with Crippen LogP contribution in [0.1, 0.15) is 17.1 Å². The maximum absolute atomic E-state index is 13.1. The van der Waals surface area contributed by atoms with E-state index in [1.165, 1.54) is 15.9 Å². The number of fused-ring (bicyclic) bond motifs is 3. The summed E-state index contributed by atoms with van der Waals surface area (Å²) in [4.78, 5) is 35.5. The molecule has 4 rings (SSSR count). The Labute approximate surface area is 169 Å². The third-order valence-electron chi connectivity index (χ3n) is 4.48. The van der Waals surface area contributed by atoms with Crippen LogP contribution in [0.5, 0.6) is 0 Å². The van der Waals surface area contributed by atoms with Gasteiger partial charge in [-0.3, -0.25) is 14.2 Å². The fourth-order valence-electron chi connectivity index (χ4n) is 3.26. The van der Waals surface area contributed by atoms with Gasteiger partial charge < -0.3 is 5.32 Å². The van der Waals surface area contributed by atoms with E-state index in [0.29, 0.717) is 26.8 Å². The summed E-state index contributed by atoms with van der Waals surface area (Å²) < 4.78 is 1.90. The van der Waals surface area contributed by atoms with Crippen molar-refractivity contribution in [2.45, 2.75) is 27.3 Å². The molecule has 28 heavy (non-hydrogen) atoms. The van der Waals surface area contributed by atoms with E-state index in [1.54, 1.807) is 31.2 Å². The lowest BCUT2D eigenvalue weighted by molar-refractivity contribution is -0.116. The molecule has 0 aliphatic heterocycles. The molecule has 3 heterocycles. The number of hydrogen-bond donors (Lipinski definition) is 1. The lowest BCUT2D eigenvalue weighted by Gasteiger charge is -2.10. The summed E-state index contributed by atoms with van der Waals surface area (Å²) in [6.07, 6.45) is 0. The van der Waals surface area contributed by atoms with Crippen LogP contribution in [-0.2, 0) is 11.3 Å². The maximum atomic E-state index is 13.1. The Hall–Kier alpha value is -2.77. The van der Waals surface area contributed by atoms with Crippen LogP contribution in [0.25, 0.3) is 20.4 Å². The van der Waals surface area contributed by atoms with Crippen LogP contribution in [0.2, 0.25) is 5.02 Å². The van der Waals surface area contributed by atoms with E-state index in [4.69, 9.17) is 11.6 Å². The summed E-state index contributed by atoms with van der Waals surface area (Å²) in [5.41, 5.74) is 2.93. The lowest BCUT2D eigenvalue weighted by Crippen LogP contribution is -2.29. The molecule has 1 N–H and O–H groups in total. The number of halogens is 1. The molecule has 0 fully saturated rings. The molecule has 0 aliphatic rings. The van der Waals surface area contributed by atoms with Gasteiger partial charge in [-0.2, -0.15) is 0 Å². The highest BCUT2D eigenvalue weighted by Gasteiger charge is 2.18. The van der Waals surface area contributed by atoms with Crippen LogP contribution in [0, 0.1) is 20.8 Å². The number of benzene rings is 1. The summed E-state index contributed by atoms with van der Waals surface area (Å²) in [6, 6.07) is 8.85. The fourth-order valence-corrected chi connectivity index (χ4v) is 4.64. The van der Waals surface area contributed by atoms with Gasteiger partial charge in [0.15, 0.2) is 0 Å². The molecule has 6 nitrogen and oxygen atoms in total. The number of thiophene rings is 1. The summed E-state index contributed by atoms with van der Waals surface area (Å²) in [6.45, 7) is 5.52. The standard InChI is InChI=1S/C20H17ClN4O2S/c1-10-7-11(2)22-19-16(10)17-18(28-19)20(27)25(12(3)23-17)9-15(26)24-14-6-4-5-13(21)8-14/h4-8H,9H2,1-3H3,(H,24,26). The predicted octanol–water partition coefficient (Wildman–Crippen LogP) is 4.22. The maximum Gasteiger partial charge on any atom is 0.272 e. The van der Waals surface area contributed by atoms with Crippen LogP contribution in [0.3, 0.4) is 0 Å². The summed E-state index contributed by atoms with van der Waals surface area (Å²) >= 11 is 7.26. The Morgan fingerprint density at radius 3 is 2.75 bits per heavy atom. The van der Waals surface area contributed by atoms with E-state index < -0.39 is 0 Å². The normalized spacial score (nSPS) is 11.3. The number of aromatic nitrogens is 3. The van der Waals surface area contributed by atoms with Crippen molar-refractivity contribution >= 4 is 55.0 Å². The topological polar surface area (TPSA) is 76.9 Å². The average molecular weight is 413 g/mol. The minimum atomic E-state index is -0.320. The van der Waals surface area contributed by atoms with Crippen molar-refractivity contribution in [1.82, 2.24) is 14.5 Å². The molecular weight excluding hydrogens is 396 g/mol. The Balaban J connectivity index is 1.75. The van der Waals surface area contributed by atoms with Crippen molar-refractivity contribution in [3.05, 3.63) is 62.8 Å². The van der Waals surface area contributed by atoms with Crippen molar-refractivity contribution in [2.24, 2.45) is 0 Å². The zero-order valence-electron chi connectivity index (χ0n) is 15.5. The molecule has 0 aliphatic carbocycles. The van der Waals surface area contributed by atoms with E-state index in [2.05, 4.69) is 15.3 Å². The smallest absolute Gasteiger partial charge is 0.272 e. The monoisotopic (exact) mass is 412 g/mol. The van der Waals surface area contributed by atoms with Gasteiger partial charge in [-0.05, 0) is 50.6 Å². The summed E-state index contributed by atoms with van der Waals surface area (Å²) in [5.74, 6) is 0.165. The Kier molecular flexibility index (Phi) is 4.64. The van der Waals surface area contributed by atoms with Crippen LogP contribution < -0.4 is 10.9 Å². The van der Waals surface area contributed by atoms with E-state index in [0.717, 1.165) is 21.5 Å². The first kappa shape index (κ1) is 18.6. The molecule has 0 atom stereocenters. The number of pyridine rings is 1. The number of anilines is 1. The van der Waals surface area contributed by atoms with Crippen LogP contribution in [0.15, 0.2) is 35.1 Å². The first-order valence-electron chi connectivity index (χ1n) is 8.67. The largest absolute Gasteiger partial charge is 0.324 e. The minimum absolute atomic E-state index is 0.125. The highest BCUT2D eigenvalue weighted by molar-refractivity contribution is 7.25. The first-order chi connectivity index (χ1) is 13.3. The van der Waals surface area contributed by atoms with Gasteiger partial charge in [0.25, 0.3) is 5.56 Å². The molecule has 0 bridgehead atoms. The zero-order chi connectivity index (χ0) is 20.0. The molecule has 0 unspecified atom stereocenters. The Bertz CT molecular complexity index is 1310. The van der Waals surface area contributed by atoms with Crippen molar-refractivity contribution in [1.29, 1.82) is 0 Å². The molecule has 1 amide bonds. The highest BCUT2D eigenvalue weighted by Crippen LogP contribution is 2.32. The molecule has 4 aromatic rings. The molecule has 0 saturated heterocycles. The number of nitrogens with zero attached hydrogens (tertiary/aromatic N) is 3. The molecule has 8 heteroatoms. The Morgan fingerprint density at radius 1 is 1.21 bits per heavy atom. The SMILES string of the molecule is Cc1cc(C)c2c(n1)sc1c(=O)n(CC(=O)Nc3cccc(Cl)c3)c(C)nc12. The van der Waals surface area contributed by atoms with Crippen LogP contribution in [0.4, 0.5) is 5.69 Å². The van der Waals surface area contributed by atoms with Crippen molar-refractivity contribution in [2.75, 3.05) is 5.32 Å². The van der Waals surface area contributed by atoms with Gasteiger partial charge in [-0.15, -0.1) is 11.3 Å². The number of carbonyl (C=O) groups is 1. The second kappa shape index (κ2) is 7.00. The summed E-state index contributed by atoms with van der Waals surface area (Å²) in [7, 11) is 0. The molecular formula is C20H17ClN4O2S. The molecule has 142 valence electrons. The van der Waals surface area contributed by atoms with Gasteiger partial charge in [-0.1, -0.05) is 17.7 Å². The van der Waals surface area contributed by atoms with Crippen LogP contribution in [-0.4, -0.2) is 20.4 Å². The van der Waals surface area contributed by atoms with Gasteiger partial charge in [0.05, 0.1) is 5.52 Å². The summed E-state index contributed by atoms with van der Waals surface area (Å²) in [5, 5.41) is 4.19. The zero-order valence-corrected chi connectivity index (χ0v) is 17.1. The second-order valence-corrected chi connectivity index (χ2v) is 8.08. The van der Waals surface area contributed by atoms with E-state index >= 15 is 0 Å². The number of hydrogen-bond acceptors (Lipinski definition) is 5. The quantitative estimate of drug-likeness (QED) is 0.546. The molecule has 0 radical (unpaired) electrons. The fraction of sp³-hybridized carbons (Fsp3) is 0.200. The highest BCUT2D eigenvalue weighted by atomic mass is 35.5. The van der Waals surface area contributed by atoms with Gasteiger partial charge in [0.1, 0.15) is 21.9 Å². The number of nitrogens with one attached hydrogen (secondary N) is 1. The van der Waals surface area contributed by atoms with Crippen molar-refractivity contribution in [3.63, 3.8) is 0 Å². The van der Waals surface area contributed by atoms with Gasteiger partial charge in [0.2, 0.25) is 5.91 Å². The second-order valence-electron chi connectivity index (χ2n) is 6.65. The molecule has 1 aromatic carbocycles. The van der Waals surface area contributed by atoms with Gasteiger partial charge in [0, 0.05) is 21.8 Å². The lowest BCUT2D eigenvalue weighted by atomic mass is 10.1. The third-order valence-corrected chi connectivity index (χ3v) is 5.77. The number of amides is 1. The minimum Gasteiger partial charge on any atom is -0.324 e. The number of aryl methyl sites for hydroxylation is 3. The van der Waals surface area contributed by atoms with Gasteiger partial charge >= 0.3 is 0 Å². The van der Waals surface area contributed by atoms with E-state index in [-0.39, 0.29) is 18.0 Å². The van der Waals surface area contributed by atoms with Gasteiger partial charge in [-0.25, -0.2) is 9.97 Å². The number of rotatable bonds is 3. The Morgan fingerprint density at radius 2 is 2.00 bits per heavy atom.